The minimum atomic E-state index is -0.453. The van der Waals surface area contributed by atoms with Crippen LogP contribution in [0.1, 0.15) is 51.9 Å². The van der Waals surface area contributed by atoms with E-state index in [1.165, 1.54) is 31.4 Å². The molecule has 0 aliphatic rings. The Morgan fingerprint density at radius 2 is 1.86 bits per heavy atom. The molecule has 0 aliphatic carbocycles. The largest absolute Gasteiger partial charge is 0.326 e. The lowest BCUT2D eigenvalue weighted by molar-refractivity contribution is -0.384. The van der Waals surface area contributed by atoms with Gasteiger partial charge < -0.3 is 5.32 Å². The standard InChI is InChI=1S/C15H21IN2O3/c1-2-3-4-5-6-7-8-15(19)17-13-9-12(16)10-14(11-13)18(20)21/h9-11H,2-8H2,1H3,(H,17,19). The van der Waals surface area contributed by atoms with Crippen molar-refractivity contribution in [2.75, 3.05) is 5.32 Å². The van der Waals surface area contributed by atoms with E-state index < -0.39 is 4.92 Å². The second kappa shape index (κ2) is 9.70. The summed E-state index contributed by atoms with van der Waals surface area (Å²) >= 11 is 2.00. The number of carbonyl (C=O) groups excluding carboxylic acids is 1. The van der Waals surface area contributed by atoms with E-state index in [2.05, 4.69) is 12.2 Å². The van der Waals surface area contributed by atoms with Crippen LogP contribution in [0, 0.1) is 13.7 Å². The molecule has 116 valence electrons. The van der Waals surface area contributed by atoms with Crippen LogP contribution in [0.25, 0.3) is 0 Å². The highest BCUT2D eigenvalue weighted by Gasteiger charge is 2.10. The first kappa shape index (κ1) is 17.9. The molecule has 0 unspecified atom stereocenters. The van der Waals surface area contributed by atoms with E-state index in [1.54, 1.807) is 6.07 Å². The average molecular weight is 404 g/mol. The van der Waals surface area contributed by atoms with Gasteiger partial charge in [-0.3, -0.25) is 14.9 Å². The predicted octanol–water partition coefficient (Wildman–Crippen LogP) is 4.89. The number of halogens is 1. The third-order valence-electron chi connectivity index (χ3n) is 3.13. The summed E-state index contributed by atoms with van der Waals surface area (Å²) < 4.78 is 0.733. The summed E-state index contributed by atoms with van der Waals surface area (Å²) in [6.07, 6.45) is 7.23. The lowest BCUT2D eigenvalue weighted by atomic mass is 10.1. The minimum absolute atomic E-state index is 0.00299. The number of nitro benzene ring substituents is 1. The van der Waals surface area contributed by atoms with Crippen molar-refractivity contribution >= 4 is 39.9 Å². The van der Waals surface area contributed by atoms with E-state index >= 15 is 0 Å². The molecule has 1 rings (SSSR count). The van der Waals surface area contributed by atoms with E-state index in [4.69, 9.17) is 0 Å². The van der Waals surface area contributed by atoms with Crippen LogP contribution in [0.4, 0.5) is 11.4 Å². The number of amides is 1. The normalized spacial score (nSPS) is 10.4. The van der Waals surface area contributed by atoms with E-state index in [0.29, 0.717) is 12.1 Å². The number of hydrogen-bond acceptors (Lipinski definition) is 3. The molecule has 0 fully saturated rings. The molecular formula is C15H21IN2O3. The maximum atomic E-state index is 11.8. The maximum Gasteiger partial charge on any atom is 0.272 e. The van der Waals surface area contributed by atoms with Crippen LogP contribution >= 0.6 is 22.6 Å². The fourth-order valence-corrected chi connectivity index (χ4v) is 2.70. The molecule has 0 saturated heterocycles. The van der Waals surface area contributed by atoms with Crippen molar-refractivity contribution in [3.8, 4) is 0 Å². The Kier molecular flexibility index (Phi) is 8.26. The third-order valence-corrected chi connectivity index (χ3v) is 3.76. The molecule has 1 N–H and O–H groups in total. The molecule has 0 radical (unpaired) electrons. The zero-order chi connectivity index (χ0) is 15.7. The first-order valence-corrected chi connectivity index (χ1v) is 8.35. The summed E-state index contributed by atoms with van der Waals surface area (Å²) in [6.45, 7) is 2.17. The summed E-state index contributed by atoms with van der Waals surface area (Å²) in [5.74, 6) is -0.0817. The van der Waals surface area contributed by atoms with Gasteiger partial charge in [-0.15, -0.1) is 0 Å². The smallest absolute Gasteiger partial charge is 0.272 e. The molecular weight excluding hydrogens is 383 g/mol. The molecule has 0 atom stereocenters. The van der Waals surface area contributed by atoms with Gasteiger partial charge >= 0.3 is 0 Å². The first-order valence-electron chi connectivity index (χ1n) is 7.27. The molecule has 6 heteroatoms. The highest BCUT2D eigenvalue weighted by molar-refractivity contribution is 14.1. The van der Waals surface area contributed by atoms with Crippen molar-refractivity contribution in [2.24, 2.45) is 0 Å². The highest BCUT2D eigenvalue weighted by atomic mass is 127. The quantitative estimate of drug-likeness (QED) is 0.276. The number of benzene rings is 1. The zero-order valence-corrected chi connectivity index (χ0v) is 14.4. The summed E-state index contributed by atoms with van der Waals surface area (Å²) in [5, 5.41) is 13.5. The lowest BCUT2D eigenvalue weighted by Gasteiger charge is -2.06. The van der Waals surface area contributed by atoms with Crippen LogP contribution < -0.4 is 5.32 Å². The Bertz CT molecular complexity index is 492. The van der Waals surface area contributed by atoms with Crippen LogP contribution in [0.5, 0.6) is 0 Å². The number of nitrogens with zero attached hydrogens (tertiary/aromatic N) is 1. The summed E-state index contributed by atoms with van der Waals surface area (Å²) in [4.78, 5) is 22.1. The van der Waals surface area contributed by atoms with Gasteiger partial charge in [0.2, 0.25) is 5.91 Å². The van der Waals surface area contributed by atoms with Gasteiger partial charge in [0.05, 0.1) is 4.92 Å². The average Bonchev–Trinajstić information content (AvgIpc) is 2.42. The van der Waals surface area contributed by atoms with E-state index in [1.807, 2.05) is 22.6 Å². The number of rotatable bonds is 9. The monoisotopic (exact) mass is 404 g/mol. The van der Waals surface area contributed by atoms with Crippen LogP contribution in [0.15, 0.2) is 18.2 Å². The number of nitro groups is 1. The first-order chi connectivity index (χ1) is 10.0. The molecule has 1 aromatic carbocycles. The SMILES string of the molecule is CCCCCCCCC(=O)Nc1cc(I)cc([N+](=O)[O-])c1. The Labute approximate surface area is 138 Å². The van der Waals surface area contributed by atoms with E-state index in [9.17, 15) is 14.9 Å². The molecule has 5 nitrogen and oxygen atoms in total. The zero-order valence-electron chi connectivity index (χ0n) is 12.2. The molecule has 0 aromatic heterocycles. The van der Waals surface area contributed by atoms with Crippen LogP contribution in [0.3, 0.4) is 0 Å². The molecule has 0 spiro atoms. The second-order valence-electron chi connectivity index (χ2n) is 5.02. The molecule has 0 saturated carbocycles. The number of nitrogens with one attached hydrogen (secondary N) is 1. The van der Waals surface area contributed by atoms with Crippen LogP contribution in [0.2, 0.25) is 0 Å². The van der Waals surface area contributed by atoms with Gasteiger partial charge in [-0.1, -0.05) is 39.0 Å². The van der Waals surface area contributed by atoms with Gasteiger partial charge in [0.1, 0.15) is 0 Å². The molecule has 1 amide bonds. The molecule has 1 aromatic rings. The Morgan fingerprint density at radius 1 is 1.19 bits per heavy atom. The summed E-state index contributed by atoms with van der Waals surface area (Å²) in [6, 6.07) is 4.60. The van der Waals surface area contributed by atoms with Gasteiger partial charge in [0, 0.05) is 27.8 Å². The second-order valence-corrected chi connectivity index (χ2v) is 6.27. The number of non-ortho nitro benzene ring substituents is 1. The Balaban J connectivity index is 2.39. The maximum absolute atomic E-state index is 11.8. The topological polar surface area (TPSA) is 72.2 Å². The summed E-state index contributed by atoms with van der Waals surface area (Å²) in [7, 11) is 0. The van der Waals surface area contributed by atoms with Crippen molar-refractivity contribution in [1.82, 2.24) is 0 Å². The minimum Gasteiger partial charge on any atom is -0.326 e. The van der Waals surface area contributed by atoms with Gasteiger partial charge in [-0.25, -0.2) is 0 Å². The molecule has 21 heavy (non-hydrogen) atoms. The van der Waals surface area contributed by atoms with Crippen molar-refractivity contribution in [1.29, 1.82) is 0 Å². The van der Waals surface area contributed by atoms with Gasteiger partial charge in [-0.2, -0.15) is 0 Å². The van der Waals surface area contributed by atoms with Crippen molar-refractivity contribution < 1.29 is 9.72 Å². The van der Waals surface area contributed by atoms with Gasteiger partial charge in [0.25, 0.3) is 5.69 Å². The highest BCUT2D eigenvalue weighted by Crippen LogP contribution is 2.22. The van der Waals surface area contributed by atoms with Crippen molar-refractivity contribution in [2.45, 2.75) is 51.9 Å². The Morgan fingerprint density at radius 3 is 2.52 bits per heavy atom. The van der Waals surface area contributed by atoms with Crippen molar-refractivity contribution in [3.05, 3.63) is 31.9 Å². The van der Waals surface area contributed by atoms with Crippen LogP contribution in [-0.2, 0) is 4.79 Å². The number of hydrogen-bond donors (Lipinski definition) is 1. The predicted molar refractivity (Wildman–Crippen MR) is 92.4 cm³/mol. The van der Waals surface area contributed by atoms with E-state index in [-0.39, 0.29) is 11.6 Å². The fourth-order valence-electron chi connectivity index (χ4n) is 2.04. The number of carbonyl (C=O) groups is 1. The van der Waals surface area contributed by atoms with E-state index in [0.717, 1.165) is 22.8 Å². The molecule has 0 bridgehead atoms. The van der Waals surface area contributed by atoms with Gasteiger partial charge in [-0.05, 0) is 35.1 Å². The molecule has 0 heterocycles. The summed E-state index contributed by atoms with van der Waals surface area (Å²) in [5.41, 5.74) is 0.487. The third kappa shape index (κ3) is 7.40. The lowest BCUT2D eigenvalue weighted by Crippen LogP contribution is -2.11. The number of unbranched alkanes of at least 4 members (excludes halogenated alkanes) is 5. The Hall–Kier alpha value is -1.18. The van der Waals surface area contributed by atoms with Gasteiger partial charge in [0.15, 0.2) is 0 Å². The fraction of sp³-hybridized carbons (Fsp3) is 0.533. The van der Waals surface area contributed by atoms with Crippen LogP contribution in [-0.4, -0.2) is 10.8 Å². The number of anilines is 1. The van der Waals surface area contributed by atoms with Crippen molar-refractivity contribution in [3.63, 3.8) is 0 Å². The molecule has 0 aliphatic heterocycles.